The molecule has 17 heavy (non-hydrogen) atoms. The van der Waals surface area contributed by atoms with Crippen molar-refractivity contribution in [2.24, 2.45) is 4.99 Å². The summed E-state index contributed by atoms with van der Waals surface area (Å²) in [6, 6.07) is 19.7. The van der Waals surface area contributed by atoms with Crippen LogP contribution in [0.2, 0.25) is 0 Å². The van der Waals surface area contributed by atoms with Crippen LogP contribution in [-0.2, 0) is 11.2 Å². The van der Waals surface area contributed by atoms with Gasteiger partial charge in [0.2, 0.25) is 6.08 Å². The molecule has 0 aliphatic carbocycles. The number of hydrogen-bond donors (Lipinski definition) is 0. The Morgan fingerprint density at radius 3 is 2.12 bits per heavy atom. The Labute approximate surface area is 101 Å². The molecule has 84 valence electrons. The molecule has 0 N–H and O–H groups in total. The number of isocyanates is 1. The van der Waals surface area contributed by atoms with Gasteiger partial charge in [-0.2, -0.15) is 4.99 Å². The van der Waals surface area contributed by atoms with Gasteiger partial charge in [0, 0.05) is 0 Å². The lowest BCUT2D eigenvalue weighted by Gasteiger charge is -2.10. The maximum Gasteiger partial charge on any atom is 0.235 e. The maximum absolute atomic E-state index is 10.5. The Hall–Kier alpha value is -2.18. The summed E-state index contributed by atoms with van der Waals surface area (Å²) in [7, 11) is 0. The molecule has 0 spiro atoms. The zero-order valence-electron chi connectivity index (χ0n) is 9.41. The van der Waals surface area contributed by atoms with Crippen LogP contribution in [0.4, 0.5) is 0 Å². The normalized spacial score (nSPS) is 11.5. The van der Waals surface area contributed by atoms with Crippen molar-refractivity contribution in [2.45, 2.75) is 12.5 Å². The van der Waals surface area contributed by atoms with Gasteiger partial charge in [0.15, 0.2) is 0 Å². The van der Waals surface area contributed by atoms with Crippen LogP contribution in [0.25, 0.3) is 0 Å². The Bertz CT molecular complexity index is 501. The van der Waals surface area contributed by atoms with Gasteiger partial charge >= 0.3 is 0 Å². The molecule has 0 bridgehead atoms. The summed E-state index contributed by atoms with van der Waals surface area (Å²) in [6.07, 6.45) is 2.38. The number of carbonyl (C=O) groups excluding carboxylic acids is 1. The highest BCUT2D eigenvalue weighted by atomic mass is 16.1. The second-order valence-electron chi connectivity index (χ2n) is 3.84. The van der Waals surface area contributed by atoms with E-state index in [1.165, 1.54) is 5.56 Å². The first kappa shape index (κ1) is 11.3. The molecule has 0 radical (unpaired) electrons. The number of nitrogens with zero attached hydrogens (tertiary/aromatic N) is 1. The van der Waals surface area contributed by atoms with E-state index in [4.69, 9.17) is 0 Å². The van der Waals surface area contributed by atoms with Crippen LogP contribution in [-0.4, -0.2) is 6.08 Å². The summed E-state index contributed by atoms with van der Waals surface area (Å²) in [5.41, 5.74) is 2.21. The monoisotopic (exact) mass is 223 g/mol. The molecule has 0 aliphatic rings. The topological polar surface area (TPSA) is 29.4 Å². The lowest BCUT2D eigenvalue weighted by atomic mass is 10.00. The average molecular weight is 223 g/mol. The Kier molecular flexibility index (Phi) is 3.85. The van der Waals surface area contributed by atoms with Crippen LogP contribution in [0.15, 0.2) is 65.7 Å². The van der Waals surface area contributed by atoms with Crippen LogP contribution < -0.4 is 0 Å². The maximum atomic E-state index is 10.5. The highest BCUT2D eigenvalue weighted by molar-refractivity contribution is 5.36. The minimum absolute atomic E-state index is 0.143. The van der Waals surface area contributed by atoms with Crippen molar-refractivity contribution in [3.8, 4) is 0 Å². The van der Waals surface area contributed by atoms with Gasteiger partial charge in [-0.3, -0.25) is 0 Å². The summed E-state index contributed by atoms with van der Waals surface area (Å²) in [4.78, 5) is 14.4. The molecule has 2 rings (SSSR count). The molecule has 0 fully saturated rings. The fraction of sp³-hybridized carbons (Fsp3) is 0.133. The SMILES string of the molecule is O=C=N[C@@H](Cc1ccccc1)c1ccccc1. The fourth-order valence-corrected chi connectivity index (χ4v) is 1.81. The van der Waals surface area contributed by atoms with Crippen molar-refractivity contribution < 1.29 is 4.79 Å². The van der Waals surface area contributed by atoms with Crippen molar-refractivity contribution in [1.29, 1.82) is 0 Å². The summed E-state index contributed by atoms with van der Waals surface area (Å²) >= 11 is 0. The van der Waals surface area contributed by atoms with E-state index in [0.29, 0.717) is 0 Å². The van der Waals surface area contributed by atoms with E-state index in [-0.39, 0.29) is 6.04 Å². The second-order valence-corrected chi connectivity index (χ2v) is 3.84. The van der Waals surface area contributed by atoms with Gasteiger partial charge in [0.05, 0.1) is 6.04 Å². The summed E-state index contributed by atoms with van der Waals surface area (Å²) < 4.78 is 0. The van der Waals surface area contributed by atoms with Crippen molar-refractivity contribution in [2.75, 3.05) is 0 Å². The molecular formula is C15H13NO. The summed E-state index contributed by atoms with van der Waals surface area (Å²) in [5.74, 6) is 0. The van der Waals surface area contributed by atoms with Crippen molar-refractivity contribution >= 4 is 6.08 Å². The molecule has 0 amide bonds. The van der Waals surface area contributed by atoms with E-state index in [1.807, 2.05) is 60.7 Å². The molecule has 2 aromatic rings. The highest BCUT2D eigenvalue weighted by Gasteiger charge is 2.10. The van der Waals surface area contributed by atoms with E-state index < -0.39 is 0 Å². The number of rotatable bonds is 4. The van der Waals surface area contributed by atoms with Gasteiger partial charge in [0.25, 0.3) is 0 Å². The first-order chi connectivity index (χ1) is 8.40. The van der Waals surface area contributed by atoms with Gasteiger partial charge in [-0.25, -0.2) is 4.79 Å². The molecule has 0 saturated heterocycles. The van der Waals surface area contributed by atoms with Crippen molar-refractivity contribution in [3.05, 3.63) is 71.8 Å². The minimum Gasteiger partial charge on any atom is -0.211 e. The first-order valence-corrected chi connectivity index (χ1v) is 5.56. The molecule has 0 aliphatic heterocycles. The molecule has 2 aromatic carbocycles. The first-order valence-electron chi connectivity index (χ1n) is 5.56. The van der Waals surface area contributed by atoms with Gasteiger partial charge in [-0.1, -0.05) is 60.7 Å². The molecular weight excluding hydrogens is 210 g/mol. The smallest absolute Gasteiger partial charge is 0.211 e. The third-order valence-corrected chi connectivity index (χ3v) is 2.66. The average Bonchev–Trinajstić information content (AvgIpc) is 2.40. The zero-order valence-corrected chi connectivity index (χ0v) is 9.41. The van der Waals surface area contributed by atoms with Crippen LogP contribution in [0.3, 0.4) is 0 Å². The van der Waals surface area contributed by atoms with Gasteiger partial charge in [-0.15, -0.1) is 0 Å². The van der Waals surface area contributed by atoms with E-state index in [0.717, 1.165) is 12.0 Å². The molecule has 2 nitrogen and oxygen atoms in total. The molecule has 0 unspecified atom stereocenters. The van der Waals surface area contributed by atoms with Crippen LogP contribution in [0, 0.1) is 0 Å². The lowest BCUT2D eigenvalue weighted by Crippen LogP contribution is -1.99. The van der Waals surface area contributed by atoms with E-state index in [9.17, 15) is 4.79 Å². The molecule has 0 heterocycles. The molecule has 2 heteroatoms. The van der Waals surface area contributed by atoms with E-state index >= 15 is 0 Å². The Morgan fingerprint density at radius 1 is 0.941 bits per heavy atom. The third kappa shape index (κ3) is 3.13. The lowest BCUT2D eigenvalue weighted by molar-refractivity contribution is 0.557. The Morgan fingerprint density at radius 2 is 1.53 bits per heavy atom. The molecule has 0 aromatic heterocycles. The van der Waals surface area contributed by atoms with Crippen molar-refractivity contribution in [1.82, 2.24) is 0 Å². The largest absolute Gasteiger partial charge is 0.235 e. The van der Waals surface area contributed by atoms with Crippen LogP contribution >= 0.6 is 0 Å². The van der Waals surface area contributed by atoms with Gasteiger partial charge in [0.1, 0.15) is 0 Å². The van der Waals surface area contributed by atoms with Crippen LogP contribution in [0.5, 0.6) is 0 Å². The number of benzene rings is 2. The second kappa shape index (κ2) is 5.78. The summed E-state index contributed by atoms with van der Waals surface area (Å²) in [6.45, 7) is 0. The zero-order chi connectivity index (χ0) is 11.9. The Balaban J connectivity index is 2.22. The fourth-order valence-electron chi connectivity index (χ4n) is 1.81. The number of aliphatic imine (C=N–C) groups is 1. The van der Waals surface area contributed by atoms with Crippen LogP contribution in [0.1, 0.15) is 17.2 Å². The van der Waals surface area contributed by atoms with Gasteiger partial charge in [-0.05, 0) is 17.5 Å². The van der Waals surface area contributed by atoms with E-state index in [1.54, 1.807) is 6.08 Å². The van der Waals surface area contributed by atoms with Gasteiger partial charge < -0.3 is 0 Å². The third-order valence-electron chi connectivity index (χ3n) is 2.66. The predicted octanol–water partition coefficient (Wildman–Crippen LogP) is 3.31. The molecule has 1 atom stereocenters. The minimum atomic E-state index is -0.143. The molecule has 0 saturated carbocycles. The quantitative estimate of drug-likeness (QED) is 0.577. The predicted molar refractivity (Wildman–Crippen MR) is 67.5 cm³/mol. The highest BCUT2D eigenvalue weighted by Crippen LogP contribution is 2.21. The van der Waals surface area contributed by atoms with E-state index in [2.05, 4.69) is 4.99 Å². The number of hydrogen-bond acceptors (Lipinski definition) is 2. The standard InChI is InChI=1S/C15H13NO/c17-12-16-15(14-9-5-2-6-10-14)11-13-7-3-1-4-8-13/h1-10,15H,11H2/t15-/m0/s1. The summed E-state index contributed by atoms with van der Waals surface area (Å²) in [5, 5.41) is 0. The van der Waals surface area contributed by atoms with Crippen molar-refractivity contribution in [3.63, 3.8) is 0 Å².